The molecule has 0 spiro atoms. The zero-order valence-electron chi connectivity index (χ0n) is 10.9. The number of halogens is 1. The van der Waals surface area contributed by atoms with Crippen LogP contribution in [-0.2, 0) is 4.79 Å². The van der Waals surface area contributed by atoms with E-state index in [1.165, 1.54) is 0 Å². The predicted octanol–water partition coefficient (Wildman–Crippen LogP) is 2.39. The fourth-order valence-electron chi connectivity index (χ4n) is 1.57. The van der Waals surface area contributed by atoms with Crippen LogP contribution in [-0.4, -0.2) is 30.8 Å². The number of amides is 1. The molecule has 0 bridgehead atoms. The molecular weight excluding hydrogens is 266 g/mol. The Morgan fingerprint density at radius 3 is 2.79 bits per heavy atom. The molecule has 0 atom stereocenters. The summed E-state index contributed by atoms with van der Waals surface area (Å²) in [5, 5.41) is 12.0. The van der Waals surface area contributed by atoms with Gasteiger partial charge in [0, 0.05) is 18.2 Å². The SMILES string of the molecule is O=C(COc1cccc(Cl)c1)NCCCCCCO. The Kier molecular flexibility index (Phi) is 8.02. The Hall–Kier alpha value is -1.26. The van der Waals surface area contributed by atoms with E-state index in [0.717, 1.165) is 25.7 Å². The molecule has 5 heteroatoms. The van der Waals surface area contributed by atoms with Crippen LogP contribution in [0.25, 0.3) is 0 Å². The first-order valence-corrected chi connectivity index (χ1v) is 6.86. The highest BCUT2D eigenvalue weighted by Crippen LogP contribution is 2.16. The van der Waals surface area contributed by atoms with E-state index in [-0.39, 0.29) is 19.1 Å². The molecule has 2 N–H and O–H groups in total. The van der Waals surface area contributed by atoms with Gasteiger partial charge in [-0.1, -0.05) is 30.5 Å². The molecule has 0 aliphatic heterocycles. The Morgan fingerprint density at radius 2 is 2.05 bits per heavy atom. The maximum atomic E-state index is 11.5. The lowest BCUT2D eigenvalue weighted by molar-refractivity contribution is -0.123. The standard InChI is InChI=1S/C14H20ClNO3/c15-12-6-5-7-13(10-12)19-11-14(18)16-8-3-1-2-4-9-17/h5-7,10,17H,1-4,8-9,11H2,(H,16,18). The number of ether oxygens (including phenoxy) is 1. The minimum Gasteiger partial charge on any atom is -0.484 e. The van der Waals surface area contributed by atoms with Crippen LogP contribution < -0.4 is 10.1 Å². The van der Waals surface area contributed by atoms with Crippen molar-refractivity contribution in [3.8, 4) is 5.75 Å². The van der Waals surface area contributed by atoms with Crippen LogP contribution in [0.1, 0.15) is 25.7 Å². The van der Waals surface area contributed by atoms with Crippen molar-refractivity contribution in [1.29, 1.82) is 0 Å². The van der Waals surface area contributed by atoms with Gasteiger partial charge in [-0.05, 0) is 31.0 Å². The van der Waals surface area contributed by atoms with Crippen molar-refractivity contribution in [1.82, 2.24) is 5.32 Å². The van der Waals surface area contributed by atoms with Crippen molar-refractivity contribution in [3.05, 3.63) is 29.3 Å². The molecule has 0 aliphatic rings. The molecule has 0 fully saturated rings. The molecule has 1 aromatic rings. The third kappa shape index (κ3) is 7.70. The molecule has 0 saturated carbocycles. The van der Waals surface area contributed by atoms with Crippen LogP contribution >= 0.6 is 11.6 Å². The largest absolute Gasteiger partial charge is 0.484 e. The van der Waals surface area contributed by atoms with Crippen LogP contribution in [0, 0.1) is 0 Å². The molecule has 106 valence electrons. The van der Waals surface area contributed by atoms with Crippen LogP contribution in [0.2, 0.25) is 5.02 Å². The van der Waals surface area contributed by atoms with Crippen molar-refractivity contribution in [3.63, 3.8) is 0 Å². The lowest BCUT2D eigenvalue weighted by atomic mass is 10.2. The zero-order valence-corrected chi connectivity index (χ0v) is 11.7. The van der Waals surface area contributed by atoms with Gasteiger partial charge in [-0.2, -0.15) is 0 Å². The molecule has 0 aliphatic carbocycles. The maximum absolute atomic E-state index is 11.5. The second-order valence-corrected chi connectivity index (χ2v) is 4.67. The predicted molar refractivity (Wildman–Crippen MR) is 75.5 cm³/mol. The number of carbonyl (C=O) groups is 1. The van der Waals surface area contributed by atoms with Crippen molar-refractivity contribution in [2.45, 2.75) is 25.7 Å². The summed E-state index contributed by atoms with van der Waals surface area (Å²) in [5.74, 6) is 0.452. The number of aliphatic hydroxyl groups excluding tert-OH is 1. The van der Waals surface area contributed by atoms with E-state index in [0.29, 0.717) is 17.3 Å². The summed E-state index contributed by atoms with van der Waals surface area (Å²) in [5.41, 5.74) is 0. The number of benzene rings is 1. The van der Waals surface area contributed by atoms with Gasteiger partial charge in [0.15, 0.2) is 6.61 Å². The van der Waals surface area contributed by atoms with E-state index in [1.807, 2.05) is 0 Å². The number of hydrogen-bond acceptors (Lipinski definition) is 3. The number of aliphatic hydroxyl groups is 1. The fourth-order valence-corrected chi connectivity index (χ4v) is 1.76. The van der Waals surface area contributed by atoms with Crippen LogP contribution in [0.4, 0.5) is 0 Å². The lowest BCUT2D eigenvalue weighted by Crippen LogP contribution is -2.29. The summed E-state index contributed by atoms with van der Waals surface area (Å²) in [6.45, 7) is 0.875. The third-order valence-electron chi connectivity index (χ3n) is 2.57. The highest BCUT2D eigenvalue weighted by molar-refractivity contribution is 6.30. The average Bonchev–Trinajstić information content (AvgIpc) is 2.40. The summed E-state index contributed by atoms with van der Waals surface area (Å²) in [4.78, 5) is 11.5. The fraction of sp³-hybridized carbons (Fsp3) is 0.500. The average molecular weight is 286 g/mol. The Bertz CT molecular complexity index is 385. The molecule has 1 amide bonds. The smallest absolute Gasteiger partial charge is 0.257 e. The van der Waals surface area contributed by atoms with Crippen LogP contribution in [0.5, 0.6) is 5.75 Å². The van der Waals surface area contributed by atoms with Gasteiger partial charge >= 0.3 is 0 Å². The van der Waals surface area contributed by atoms with Gasteiger partial charge in [0.2, 0.25) is 0 Å². The highest BCUT2D eigenvalue weighted by atomic mass is 35.5. The molecule has 1 aromatic carbocycles. The number of unbranched alkanes of at least 4 members (excludes halogenated alkanes) is 3. The molecule has 0 heterocycles. The van der Waals surface area contributed by atoms with Gasteiger partial charge in [-0.3, -0.25) is 4.79 Å². The number of hydrogen-bond donors (Lipinski definition) is 2. The number of carbonyl (C=O) groups excluding carboxylic acids is 1. The Morgan fingerprint density at radius 1 is 1.26 bits per heavy atom. The highest BCUT2D eigenvalue weighted by Gasteiger charge is 2.02. The molecule has 0 unspecified atom stereocenters. The molecule has 4 nitrogen and oxygen atoms in total. The molecule has 19 heavy (non-hydrogen) atoms. The summed E-state index contributed by atoms with van der Waals surface area (Å²) >= 11 is 5.81. The second-order valence-electron chi connectivity index (χ2n) is 4.23. The monoisotopic (exact) mass is 285 g/mol. The maximum Gasteiger partial charge on any atom is 0.257 e. The third-order valence-corrected chi connectivity index (χ3v) is 2.81. The van der Waals surface area contributed by atoms with Gasteiger partial charge in [-0.15, -0.1) is 0 Å². The van der Waals surface area contributed by atoms with Gasteiger partial charge in [-0.25, -0.2) is 0 Å². The van der Waals surface area contributed by atoms with Gasteiger partial charge < -0.3 is 15.2 Å². The van der Waals surface area contributed by atoms with Gasteiger partial charge in [0.25, 0.3) is 5.91 Å². The number of rotatable bonds is 9. The lowest BCUT2D eigenvalue weighted by Gasteiger charge is -2.07. The van der Waals surface area contributed by atoms with Crippen LogP contribution in [0.3, 0.4) is 0 Å². The Balaban J connectivity index is 2.08. The van der Waals surface area contributed by atoms with E-state index in [4.69, 9.17) is 21.4 Å². The first kappa shape index (κ1) is 15.8. The quantitative estimate of drug-likeness (QED) is 0.685. The van der Waals surface area contributed by atoms with Crippen molar-refractivity contribution >= 4 is 17.5 Å². The molecule has 0 radical (unpaired) electrons. The van der Waals surface area contributed by atoms with Crippen molar-refractivity contribution < 1.29 is 14.6 Å². The molecule has 0 saturated heterocycles. The second kappa shape index (κ2) is 9.64. The molecule has 1 rings (SSSR count). The Labute approximate surface area is 118 Å². The topological polar surface area (TPSA) is 58.6 Å². The normalized spacial score (nSPS) is 10.2. The van der Waals surface area contributed by atoms with E-state index in [2.05, 4.69) is 5.32 Å². The molecular formula is C14H20ClNO3. The van der Waals surface area contributed by atoms with Crippen molar-refractivity contribution in [2.75, 3.05) is 19.8 Å². The summed E-state index contributed by atoms with van der Waals surface area (Å²) in [7, 11) is 0. The number of nitrogens with one attached hydrogen (secondary N) is 1. The zero-order chi connectivity index (χ0) is 13.9. The van der Waals surface area contributed by atoms with Gasteiger partial charge in [0.05, 0.1) is 0 Å². The van der Waals surface area contributed by atoms with E-state index >= 15 is 0 Å². The molecule has 0 aromatic heterocycles. The van der Waals surface area contributed by atoms with Gasteiger partial charge in [0.1, 0.15) is 5.75 Å². The van der Waals surface area contributed by atoms with Crippen molar-refractivity contribution in [2.24, 2.45) is 0 Å². The minimum atomic E-state index is -0.137. The summed E-state index contributed by atoms with van der Waals surface area (Å²) < 4.78 is 5.31. The first-order valence-electron chi connectivity index (χ1n) is 6.48. The van der Waals surface area contributed by atoms with E-state index < -0.39 is 0 Å². The van der Waals surface area contributed by atoms with Crippen LogP contribution in [0.15, 0.2) is 24.3 Å². The summed E-state index contributed by atoms with van der Waals surface area (Å²) in [6, 6.07) is 6.95. The van der Waals surface area contributed by atoms with E-state index in [1.54, 1.807) is 24.3 Å². The summed E-state index contributed by atoms with van der Waals surface area (Å²) in [6.07, 6.45) is 3.75. The first-order chi connectivity index (χ1) is 9.22. The van der Waals surface area contributed by atoms with E-state index in [9.17, 15) is 4.79 Å². The minimum absolute atomic E-state index is 0.00299.